The molecule has 0 bridgehead atoms. The van der Waals surface area contributed by atoms with Crippen LogP contribution in [-0.2, 0) is 0 Å². The Labute approximate surface area is 128 Å². The summed E-state index contributed by atoms with van der Waals surface area (Å²) in [6, 6.07) is 0.490. The van der Waals surface area contributed by atoms with Gasteiger partial charge in [-0.25, -0.2) is 0 Å². The number of hydrogen-bond donors (Lipinski definition) is 2. The van der Waals surface area contributed by atoms with Crippen molar-refractivity contribution >= 4 is 0 Å². The molecule has 0 aromatic rings. The number of nitrogens with two attached hydrogens (primary N) is 1. The second-order valence-electron chi connectivity index (χ2n) is 7.60. The third-order valence-corrected chi connectivity index (χ3v) is 4.00. The monoisotopic (exact) mass is 284 g/mol. The zero-order valence-corrected chi connectivity index (χ0v) is 14.6. The summed E-state index contributed by atoms with van der Waals surface area (Å²) in [5.41, 5.74) is 3.36. The number of rotatable bonds is 13. The summed E-state index contributed by atoms with van der Waals surface area (Å²) in [5, 5.41) is 0. The van der Waals surface area contributed by atoms with Gasteiger partial charge in [0.25, 0.3) is 0 Å². The Morgan fingerprint density at radius 1 is 0.800 bits per heavy atom. The van der Waals surface area contributed by atoms with Gasteiger partial charge in [0.2, 0.25) is 0 Å². The lowest BCUT2D eigenvalue weighted by Gasteiger charge is -2.25. The van der Waals surface area contributed by atoms with Crippen molar-refractivity contribution in [3.8, 4) is 0 Å². The van der Waals surface area contributed by atoms with Gasteiger partial charge in [0, 0.05) is 6.04 Å². The largest absolute Gasteiger partial charge is 0.271 e. The topological polar surface area (TPSA) is 38.0 Å². The van der Waals surface area contributed by atoms with Crippen LogP contribution >= 0.6 is 0 Å². The van der Waals surface area contributed by atoms with Crippen LogP contribution in [0.1, 0.15) is 105 Å². The molecular weight excluding hydrogens is 244 g/mol. The van der Waals surface area contributed by atoms with Crippen LogP contribution in [0.25, 0.3) is 0 Å². The molecule has 0 aromatic heterocycles. The highest BCUT2D eigenvalue weighted by Crippen LogP contribution is 2.23. The Hall–Kier alpha value is -0.0800. The zero-order chi connectivity index (χ0) is 15.3. The summed E-state index contributed by atoms with van der Waals surface area (Å²) in [7, 11) is 0. The van der Waals surface area contributed by atoms with Crippen LogP contribution in [0, 0.1) is 5.41 Å². The maximum Gasteiger partial charge on any atom is 0.0215 e. The van der Waals surface area contributed by atoms with E-state index in [1.54, 1.807) is 0 Å². The van der Waals surface area contributed by atoms with Crippen molar-refractivity contribution in [2.24, 2.45) is 11.3 Å². The first-order valence-corrected chi connectivity index (χ1v) is 8.95. The summed E-state index contributed by atoms with van der Waals surface area (Å²) in [5.74, 6) is 5.65. The molecular formula is C18H40N2. The molecule has 2 nitrogen and oxygen atoms in total. The standard InChI is InChI=1S/C18H40N2/c1-5-6-7-8-9-10-11-12-13-14-15-17(20-19)16-18(2,3)4/h17,20H,5-16,19H2,1-4H3. The fraction of sp³-hybridized carbons (Fsp3) is 1.00. The van der Waals surface area contributed by atoms with Gasteiger partial charge in [0.05, 0.1) is 0 Å². The van der Waals surface area contributed by atoms with E-state index in [9.17, 15) is 0 Å². The molecule has 0 fully saturated rings. The molecule has 1 unspecified atom stereocenters. The van der Waals surface area contributed by atoms with E-state index in [0.717, 1.165) is 0 Å². The molecule has 0 aromatic carbocycles. The minimum Gasteiger partial charge on any atom is -0.271 e. The van der Waals surface area contributed by atoms with E-state index in [1.165, 1.54) is 77.0 Å². The predicted molar refractivity (Wildman–Crippen MR) is 91.6 cm³/mol. The average molecular weight is 285 g/mol. The molecule has 122 valence electrons. The minimum atomic E-state index is 0.371. The van der Waals surface area contributed by atoms with Crippen LogP contribution in [0.3, 0.4) is 0 Å². The SMILES string of the molecule is CCCCCCCCCCCCC(CC(C)(C)C)NN. The molecule has 0 saturated heterocycles. The molecule has 2 heteroatoms. The van der Waals surface area contributed by atoms with E-state index in [4.69, 9.17) is 5.84 Å². The van der Waals surface area contributed by atoms with Crippen LogP contribution in [-0.4, -0.2) is 6.04 Å². The highest BCUT2D eigenvalue weighted by molar-refractivity contribution is 4.72. The first kappa shape index (κ1) is 19.9. The van der Waals surface area contributed by atoms with Gasteiger partial charge in [-0.1, -0.05) is 91.9 Å². The molecule has 0 rings (SSSR count). The van der Waals surface area contributed by atoms with Crippen LogP contribution in [0.15, 0.2) is 0 Å². The molecule has 0 amide bonds. The third kappa shape index (κ3) is 14.3. The van der Waals surface area contributed by atoms with E-state index in [1.807, 2.05) is 0 Å². The highest BCUT2D eigenvalue weighted by Gasteiger charge is 2.17. The van der Waals surface area contributed by atoms with Crippen molar-refractivity contribution in [3.63, 3.8) is 0 Å². The second kappa shape index (κ2) is 12.6. The summed E-state index contributed by atoms with van der Waals surface area (Å²) >= 11 is 0. The van der Waals surface area contributed by atoms with Gasteiger partial charge in [-0.05, 0) is 18.3 Å². The highest BCUT2D eigenvalue weighted by atomic mass is 15.2. The van der Waals surface area contributed by atoms with Crippen LogP contribution in [0.4, 0.5) is 0 Å². The third-order valence-electron chi connectivity index (χ3n) is 4.00. The lowest BCUT2D eigenvalue weighted by atomic mass is 9.86. The predicted octanol–water partition coefficient (Wildman–Crippen LogP) is 5.57. The zero-order valence-electron chi connectivity index (χ0n) is 14.6. The van der Waals surface area contributed by atoms with Crippen molar-refractivity contribution < 1.29 is 0 Å². The molecule has 0 heterocycles. The normalized spacial score (nSPS) is 13.7. The van der Waals surface area contributed by atoms with E-state index < -0.39 is 0 Å². The first-order valence-electron chi connectivity index (χ1n) is 8.95. The molecule has 0 aliphatic carbocycles. The summed E-state index contributed by atoms with van der Waals surface area (Å²) < 4.78 is 0. The van der Waals surface area contributed by atoms with Crippen LogP contribution in [0.5, 0.6) is 0 Å². The van der Waals surface area contributed by atoms with Gasteiger partial charge in [-0.15, -0.1) is 0 Å². The van der Waals surface area contributed by atoms with Crippen LogP contribution in [0.2, 0.25) is 0 Å². The van der Waals surface area contributed by atoms with E-state index in [0.29, 0.717) is 11.5 Å². The fourth-order valence-corrected chi connectivity index (χ4v) is 2.86. The van der Waals surface area contributed by atoms with Crippen LogP contribution < -0.4 is 11.3 Å². The number of unbranched alkanes of at least 4 members (excludes halogenated alkanes) is 9. The van der Waals surface area contributed by atoms with Crippen molar-refractivity contribution in [3.05, 3.63) is 0 Å². The number of hydrogen-bond acceptors (Lipinski definition) is 2. The van der Waals surface area contributed by atoms with Crippen molar-refractivity contribution in [2.75, 3.05) is 0 Å². The maximum absolute atomic E-state index is 5.65. The van der Waals surface area contributed by atoms with E-state index >= 15 is 0 Å². The summed E-state index contributed by atoms with van der Waals surface area (Å²) in [6.45, 7) is 9.14. The van der Waals surface area contributed by atoms with E-state index in [-0.39, 0.29) is 0 Å². The number of hydrazine groups is 1. The van der Waals surface area contributed by atoms with Gasteiger partial charge in [-0.3, -0.25) is 11.3 Å². The van der Waals surface area contributed by atoms with Gasteiger partial charge >= 0.3 is 0 Å². The number of nitrogens with one attached hydrogen (secondary N) is 1. The van der Waals surface area contributed by atoms with Crippen molar-refractivity contribution in [1.82, 2.24) is 5.43 Å². The Morgan fingerprint density at radius 3 is 1.65 bits per heavy atom. The Morgan fingerprint density at radius 2 is 1.25 bits per heavy atom. The second-order valence-corrected chi connectivity index (χ2v) is 7.60. The Bertz CT molecular complexity index is 196. The van der Waals surface area contributed by atoms with Gasteiger partial charge in [-0.2, -0.15) is 0 Å². The van der Waals surface area contributed by atoms with Crippen molar-refractivity contribution in [2.45, 2.75) is 111 Å². The molecule has 20 heavy (non-hydrogen) atoms. The molecule has 0 saturated carbocycles. The first-order chi connectivity index (χ1) is 9.49. The Balaban J connectivity index is 3.33. The molecule has 0 radical (unpaired) electrons. The molecule has 1 atom stereocenters. The molecule has 3 N–H and O–H groups in total. The quantitative estimate of drug-likeness (QED) is 0.264. The Kier molecular flexibility index (Phi) is 12.6. The maximum atomic E-state index is 5.65. The summed E-state index contributed by atoms with van der Waals surface area (Å²) in [6.07, 6.45) is 16.4. The van der Waals surface area contributed by atoms with Gasteiger partial charge in [0.1, 0.15) is 0 Å². The van der Waals surface area contributed by atoms with Gasteiger partial charge < -0.3 is 0 Å². The van der Waals surface area contributed by atoms with E-state index in [2.05, 4.69) is 33.1 Å². The summed E-state index contributed by atoms with van der Waals surface area (Å²) in [4.78, 5) is 0. The fourth-order valence-electron chi connectivity index (χ4n) is 2.86. The lowest BCUT2D eigenvalue weighted by Crippen LogP contribution is -2.37. The molecule has 0 aliphatic rings. The smallest absolute Gasteiger partial charge is 0.0215 e. The molecule has 0 aliphatic heterocycles. The lowest BCUT2D eigenvalue weighted by molar-refractivity contribution is 0.295. The minimum absolute atomic E-state index is 0.371. The van der Waals surface area contributed by atoms with Crippen molar-refractivity contribution in [1.29, 1.82) is 0 Å². The van der Waals surface area contributed by atoms with Gasteiger partial charge in [0.15, 0.2) is 0 Å². The molecule has 0 spiro atoms. The average Bonchev–Trinajstić information content (AvgIpc) is 2.38.